The van der Waals surface area contributed by atoms with Crippen molar-refractivity contribution in [3.8, 4) is 11.8 Å². The Labute approximate surface area is 178 Å². The van der Waals surface area contributed by atoms with Crippen LogP contribution in [0.5, 0.6) is 11.8 Å². The molecule has 8 heteroatoms. The lowest BCUT2D eigenvalue weighted by molar-refractivity contribution is -0.133. The second-order valence-electron chi connectivity index (χ2n) is 7.09. The number of rotatable bonds is 6. The highest BCUT2D eigenvalue weighted by atomic mass is 32.1. The zero-order chi connectivity index (χ0) is 20.9. The van der Waals surface area contributed by atoms with Gasteiger partial charge in [-0.1, -0.05) is 0 Å². The zero-order valence-electron chi connectivity index (χ0n) is 16.6. The van der Waals surface area contributed by atoms with Crippen LogP contribution in [-0.2, 0) is 22.6 Å². The Bertz CT molecular complexity index is 1050. The van der Waals surface area contributed by atoms with E-state index in [0.29, 0.717) is 18.0 Å². The van der Waals surface area contributed by atoms with Crippen molar-refractivity contribution in [1.29, 1.82) is 0 Å². The smallest absolute Gasteiger partial charge is 0.321 e. The normalized spacial score (nSPS) is 12.9. The van der Waals surface area contributed by atoms with E-state index >= 15 is 0 Å². The number of carbonyl (C=O) groups is 2. The van der Waals surface area contributed by atoms with E-state index in [1.165, 1.54) is 10.4 Å². The van der Waals surface area contributed by atoms with Crippen molar-refractivity contribution in [3.05, 3.63) is 64.1 Å². The van der Waals surface area contributed by atoms with Crippen molar-refractivity contribution in [2.24, 2.45) is 0 Å². The third kappa shape index (κ3) is 4.83. The second kappa shape index (κ2) is 9.04. The Morgan fingerprint density at radius 3 is 2.83 bits per heavy atom. The third-order valence-corrected chi connectivity index (χ3v) is 5.97. The van der Waals surface area contributed by atoms with Crippen molar-refractivity contribution in [1.82, 2.24) is 14.9 Å². The van der Waals surface area contributed by atoms with Gasteiger partial charge in [0.2, 0.25) is 11.8 Å². The largest absolute Gasteiger partial charge is 0.424 e. The molecule has 3 heterocycles. The summed E-state index contributed by atoms with van der Waals surface area (Å²) >= 11 is 1.74. The number of fused-ring (bicyclic) bond motifs is 1. The number of anilines is 1. The van der Waals surface area contributed by atoms with Gasteiger partial charge >= 0.3 is 6.01 Å². The minimum Gasteiger partial charge on any atom is -0.424 e. The number of nitrogens with one attached hydrogen (secondary N) is 1. The predicted molar refractivity (Wildman–Crippen MR) is 115 cm³/mol. The van der Waals surface area contributed by atoms with Crippen LogP contribution >= 0.6 is 11.3 Å². The standard InChI is InChI=1S/C22H22N4O3S/c1-15-13-17(29-22-23-9-2-10-24-22)3-4-18(15)25-20(27)5-6-21(28)26-11-7-19-16(14-26)8-12-30-19/h2-4,8-10,12-13H,5-7,11,14H2,1H3,(H,25,27). The van der Waals surface area contributed by atoms with Crippen molar-refractivity contribution in [3.63, 3.8) is 0 Å². The summed E-state index contributed by atoms with van der Waals surface area (Å²) in [4.78, 5) is 36.1. The van der Waals surface area contributed by atoms with Crippen LogP contribution in [0.2, 0.25) is 0 Å². The van der Waals surface area contributed by atoms with Gasteiger partial charge in [-0.15, -0.1) is 11.3 Å². The van der Waals surface area contributed by atoms with E-state index in [-0.39, 0.29) is 30.7 Å². The van der Waals surface area contributed by atoms with E-state index in [4.69, 9.17) is 4.74 Å². The first-order valence-corrected chi connectivity index (χ1v) is 10.6. The molecule has 0 atom stereocenters. The molecule has 0 spiro atoms. The Hall–Kier alpha value is -3.26. The number of carbonyl (C=O) groups excluding carboxylic acids is 2. The van der Waals surface area contributed by atoms with Crippen LogP contribution in [0, 0.1) is 6.92 Å². The number of ether oxygens (including phenoxy) is 1. The lowest BCUT2D eigenvalue weighted by Crippen LogP contribution is -2.35. The summed E-state index contributed by atoms with van der Waals surface area (Å²) in [6.45, 7) is 3.25. The third-order valence-electron chi connectivity index (χ3n) is 4.95. The van der Waals surface area contributed by atoms with Crippen LogP contribution in [0.3, 0.4) is 0 Å². The minimum absolute atomic E-state index is 0.0188. The van der Waals surface area contributed by atoms with E-state index in [2.05, 4.69) is 26.7 Å². The van der Waals surface area contributed by atoms with E-state index < -0.39 is 0 Å². The summed E-state index contributed by atoms with van der Waals surface area (Å²) in [7, 11) is 0. The SMILES string of the molecule is Cc1cc(Oc2ncccn2)ccc1NC(=O)CCC(=O)N1CCc2sccc2C1. The summed E-state index contributed by atoms with van der Waals surface area (Å²) in [5.41, 5.74) is 2.77. The van der Waals surface area contributed by atoms with Crippen molar-refractivity contribution >= 4 is 28.8 Å². The zero-order valence-corrected chi connectivity index (χ0v) is 17.4. The molecule has 2 aromatic heterocycles. The van der Waals surface area contributed by atoms with Gasteiger partial charge in [0.25, 0.3) is 0 Å². The molecule has 4 rings (SSSR count). The fourth-order valence-electron chi connectivity index (χ4n) is 3.34. The molecule has 0 aliphatic carbocycles. The lowest BCUT2D eigenvalue weighted by Gasteiger charge is -2.27. The Morgan fingerprint density at radius 1 is 1.20 bits per heavy atom. The molecule has 1 aromatic carbocycles. The Kier molecular flexibility index (Phi) is 6.04. The number of amides is 2. The molecule has 1 aliphatic rings. The molecular weight excluding hydrogens is 400 g/mol. The number of aromatic nitrogens is 2. The van der Waals surface area contributed by atoms with Crippen LogP contribution < -0.4 is 10.1 Å². The fraction of sp³-hybridized carbons (Fsp3) is 0.273. The van der Waals surface area contributed by atoms with Crippen molar-refractivity contribution in [2.75, 3.05) is 11.9 Å². The first kappa shape index (κ1) is 20.0. The van der Waals surface area contributed by atoms with Gasteiger partial charge in [0.1, 0.15) is 5.75 Å². The van der Waals surface area contributed by atoms with Gasteiger partial charge in [0.15, 0.2) is 0 Å². The summed E-state index contributed by atoms with van der Waals surface area (Å²) in [5, 5.41) is 4.94. The molecule has 0 fully saturated rings. The maximum absolute atomic E-state index is 12.5. The number of hydrogen-bond acceptors (Lipinski definition) is 6. The topological polar surface area (TPSA) is 84.4 Å². The van der Waals surface area contributed by atoms with E-state index in [9.17, 15) is 9.59 Å². The van der Waals surface area contributed by atoms with Gasteiger partial charge < -0.3 is 15.0 Å². The van der Waals surface area contributed by atoms with Gasteiger partial charge in [-0.3, -0.25) is 9.59 Å². The van der Waals surface area contributed by atoms with Gasteiger partial charge in [0, 0.05) is 48.9 Å². The molecule has 0 unspecified atom stereocenters. The average Bonchev–Trinajstić information content (AvgIpc) is 3.22. The average molecular weight is 423 g/mol. The summed E-state index contributed by atoms with van der Waals surface area (Å²) in [6, 6.07) is 9.38. The molecule has 0 saturated heterocycles. The minimum atomic E-state index is -0.181. The van der Waals surface area contributed by atoms with E-state index in [0.717, 1.165) is 18.5 Å². The predicted octanol–water partition coefficient (Wildman–Crippen LogP) is 3.94. The summed E-state index contributed by atoms with van der Waals surface area (Å²) < 4.78 is 5.60. The fourth-order valence-corrected chi connectivity index (χ4v) is 4.23. The van der Waals surface area contributed by atoms with Crippen LogP contribution in [0.15, 0.2) is 48.1 Å². The maximum Gasteiger partial charge on any atom is 0.321 e. The van der Waals surface area contributed by atoms with Crippen LogP contribution in [-0.4, -0.2) is 33.2 Å². The van der Waals surface area contributed by atoms with E-state index in [1.54, 1.807) is 41.9 Å². The van der Waals surface area contributed by atoms with Gasteiger partial charge in [-0.25, -0.2) is 9.97 Å². The second-order valence-corrected chi connectivity index (χ2v) is 8.09. The quantitative estimate of drug-likeness (QED) is 0.650. The van der Waals surface area contributed by atoms with Gasteiger partial charge in [0.05, 0.1) is 0 Å². The van der Waals surface area contributed by atoms with Crippen molar-refractivity contribution in [2.45, 2.75) is 32.7 Å². The van der Waals surface area contributed by atoms with Crippen LogP contribution in [0.4, 0.5) is 5.69 Å². The Morgan fingerprint density at radius 2 is 2.03 bits per heavy atom. The highest BCUT2D eigenvalue weighted by Crippen LogP contribution is 2.26. The molecule has 0 radical (unpaired) electrons. The highest BCUT2D eigenvalue weighted by molar-refractivity contribution is 7.10. The Balaban J connectivity index is 1.28. The molecule has 7 nitrogen and oxygen atoms in total. The summed E-state index contributed by atoms with van der Waals surface area (Å²) in [5.74, 6) is 0.426. The number of aryl methyl sites for hydroxylation is 1. The molecule has 1 N–H and O–H groups in total. The molecular formula is C22H22N4O3S. The molecule has 154 valence electrons. The number of benzene rings is 1. The number of hydrogen-bond donors (Lipinski definition) is 1. The maximum atomic E-state index is 12.5. The van der Waals surface area contributed by atoms with E-state index in [1.807, 2.05) is 17.9 Å². The lowest BCUT2D eigenvalue weighted by atomic mass is 10.1. The molecule has 0 bridgehead atoms. The highest BCUT2D eigenvalue weighted by Gasteiger charge is 2.21. The molecule has 0 saturated carbocycles. The molecule has 3 aromatic rings. The number of nitrogens with zero attached hydrogens (tertiary/aromatic N) is 3. The molecule has 1 aliphatic heterocycles. The van der Waals surface area contributed by atoms with Gasteiger partial charge in [-0.2, -0.15) is 0 Å². The number of thiophene rings is 1. The molecule has 30 heavy (non-hydrogen) atoms. The van der Waals surface area contributed by atoms with Crippen LogP contribution in [0.1, 0.15) is 28.8 Å². The first-order valence-electron chi connectivity index (χ1n) is 9.77. The molecule has 2 amide bonds. The summed E-state index contributed by atoms with van der Waals surface area (Å²) in [6.07, 6.45) is 4.47. The monoisotopic (exact) mass is 422 g/mol. The first-order chi connectivity index (χ1) is 14.6. The van der Waals surface area contributed by atoms with Crippen molar-refractivity contribution < 1.29 is 14.3 Å². The van der Waals surface area contributed by atoms with Gasteiger partial charge in [-0.05, 0) is 60.2 Å². The van der Waals surface area contributed by atoms with Crippen LogP contribution in [0.25, 0.3) is 0 Å².